The van der Waals surface area contributed by atoms with Crippen molar-refractivity contribution in [3.63, 3.8) is 0 Å². The SMILES string of the molecule is CC(C)CO[SiH2]C1CCCC1. The lowest BCUT2D eigenvalue weighted by Crippen LogP contribution is -2.09. The maximum Gasteiger partial charge on any atom is 0.164 e. The Kier molecular flexibility index (Phi) is 4.16. The number of hydrogen-bond acceptors (Lipinski definition) is 1. The quantitative estimate of drug-likeness (QED) is 0.590. The van der Waals surface area contributed by atoms with Gasteiger partial charge in [0, 0.05) is 6.61 Å². The summed E-state index contributed by atoms with van der Waals surface area (Å²) >= 11 is 0. The van der Waals surface area contributed by atoms with Gasteiger partial charge >= 0.3 is 0 Å². The molecular weight excluding hydrogens is 152 g/mol. The molecule has 66 valence electrons. The molecule has 0 radical (unpaired) electrons. The largest absolute Gasteiger partial charge is 0.423 e. The van der Waals surface area contributed by atoms with Crippen molar-refractivity contribution in [3.8, 4) is 0 Å². The minimum atomic E-state index is -0.155. The molecule has 0 aromatic heterocycles. The number of rotatable bonds is 4. The van der Waals surface area contributed by atoms with Crippen molar-refractivity contribution in [1.29, 1.82) is 0 Å². The molecule has 0 amide bonds. The topological polar surface area (TPSA) is 9.23 Å². The third kappa shape index (κ3) is 3.92. The molecule has 0 heterocycles. The van der Waals surface area contributed by atoms with Crippen LogP contribution in [0.1, 0.15) is 39.5 Å². The molecule has 0 unspecified atom stereocenters. The van der Waals surface area contributed by atoms with Crippen molar-refractivity contribution < 1.29 is 4.43 Å². The highest BCUT2D eigenvalue weighted by molar-refractivity contribution is 6.29. The molecule has 1 fully saturated rings. The molecule has 0 atom stereocenters. The zero-order valence-electron chi connectivity index (χ0n) is 7.81. The fraction of sp³-hybridized carbons (Fsp3) is 1.00. The van der Waals surface area contributed by atoms with Crippen molar-refractivity contribution >= 4 is 9.76 Å². The highest BCUT2D eigenvalue weighted by Crippen LogP contribution is 2.29. The Hall–Kier alpha value is 0.177. The van der Waals surface area contributed by atoms with E-state index in [-0.39, 0.29) is 9.76 Å². The van der Waals surface area contributed by atoms with Crippen molar-refractivity contribution in [2.75, 3.05) is 6.61 Å². The van der Waals surface area contributed by atoms with Gasteiger partial charge in [0.1, 0.15) is 0 Å². The average Bonchev–Trinajstić information content (AvgIpc) is 2.39. The average molecular weight is 172 g/mol. The number of hydrogen-bond donors (Lipinski definition) is 0. The molecule has 1 saturated carbocycles. The molecule has 0 aliphatic heterocycles. The first-order valence-electron chi connectivity index (χ1n) is 4.87. The van der Waals surface area contributed by atoms with Crippen molar-refractivity contribution in [2.24, 2.45) is 5.92 Å². The molecule has 0 N–H and O–H groups in total. The summed E-state index contributed by atoms with van der Waals surface area (Å²) in [5.74, 6) is 0.726. The van der Waals surface area contributed by atoms with Gasteiger partial charge in [-0.2, -0.15) is 0 Å². The van der Waals surface area contributed by atoms with Gasteiger partial charge in [0.15, 0.2) is 9.76 Å². The van der Waals surface area contributed by atoms with Crippen LogP contribution >= 0.6 is 0 Å². The maximum atomic E-state index is 5.72. The van der Waals surface area contributed by atoms with Gasteiger partial charge in [0.2, 0.25) is 0 Å². The minimum absolute atomic E-state index is 0.155. The molecule has 1 aliphatic carbocycles. The summed E-state index contributed by atoms with van der Waals surface area (Å²) in [4.78, 5) is 0. The monoisotopic (exact) mass is 172 g/mol. The third-order valence-electron chi connectivity index (χ3n) is 2.28. The van der Waals surface area contributed by atoms with Crippen LogP contribution in [-0.2, 0) is 4.43 Å². The van der Waals surface area contributed by atoms with Crippen LogP contribution in [0.15, 0.2) is 0 Å². The summed E-state index contributed by atoms with van der Waals surface area (Å²) in [7, 11) is -0.155. The molecule has 0 saturated heterocycles. The maximum absolute atomic E-state index is 5.72. The Morgan fingerprint density at radius 1 is 1.36 bits per heavy atom. The first-order valence-corrected chi connectivity index (χ1v) is 6.26. The van der Waals surface area contributed by atoms with E-state index in [0.29, 0.717) is 0 Å². The molecule has 0 aromatic carbocycles. The summed E-state index contributed by atoms with van der Waals surface area (Å²) < 4.78 is 5.72. The molecule has 0 spiro atoms. The normalized spacial score (nSPS) is 21.0. The molecule has 0 bridgehead atoms. The molecule has 1 aliphatic rings. The second kappa shape index (κ2) is 4.94. The highest BCUT2D eigenvalue weighted by atomic mass is 28.2. The summed E-state index contributed by atoms with van der Waals surface area (Å²) in [6, 6.07) is 0. The molecule has 11 heavy (non-hydrogen) atoms. The van der Waals surface area contributed by atoms with Crippen molar-refractivity contribution in [3.05, 3.63) is 0 Å². The van der Waals surface area contributed by atoms with E-state index < -0.39 is 0 Å². The van der Waals surface area contributed by atoms with Crippen molar-refractivity contribution in [1.82, 2.24) is 0 Å². The second-order valence-corrected chi connectivity index (χ2v) is 5.98. The summed E-state index contributed by atoms with van der Waals surface area (Å²) in [5, 5.41) is 0. The summed E-state index contributed by atoms with van der Waals surface area (Å²) in [6.45, 7) is 5.45. The smallest absolute Gasteiger partial charge is 0.164 e. The highest BCUT2D eigenvalue weighted by Gasteiger charge is 2.15. The molecule has 1 nitrogen and oxygen atoms in total. The molecule has 2 heteroatoms. The lowest BCUT2D eigenvalue weighted by Gasteiger charge is -2.10. The van der Waals surface area contributed by atoms with E-state index in [0.717, 1.165) is 18.1 Å². The van der Waals surface area contributed by atoms with Crippen molar-refractivity contribution in [2.45, 2.75) is 45.1 Å². The van der Waals surface area contributed by atoms with Gasteiger partial charge in [-0.3, -0.25) is 0 Å². The van der Waals surface area contributed by atoms with Gasteiger partial charge in [0.05, 0.1) is 0 Å². The van der Waals surface area contributed by atoms with Crippen LogP contribution in [0, 0.1) is 5.92 Å². The van der Waals surface area contributed by atoms with Gasteiger partial charge in [-0.05, 0) is 11.5 Å². The van der Waals surface area contributed by atoms with Crippen LogP contribution in [0.25, 0.3) is 0 Å². The van der Waals surface area contributed by atoms with E-state index in [2.05, 4.69) is 13.8 Å². The van der Waals surface area contributed by atoms with Crippen LogP contribution in [0.3, 0.4) is 0 Å². The van der Waals surface area contributed by atoms with Crippen LogP contribution in [0.5, 0.6) is 0 Å². The van der Waals surface area contributed by atoms with Gasteiger partial charge in [0.25, 0.3) is 0 Å². The van der Waals surface area contributed by atoms with E-state index in [1.807, 2.05) is 0 Å². The Morgan fingerprint density at radius 3 is 2.55 bits per heavy atom. The van der Waals surface area contributed by atoms with Crippen LogP contribution in [0.2, 0.25) is 5.54 Å². The minimum Gasteiger partial charge on any atom is -0.423 e. The fourth-order valence-electron chi connectivity index (χ4n) is 1.65. The van der Waals surface area contributed by atoms with E-state index in [4.69, 9.17) is 4.43 Å². The lowest BCUT2D eigenvalue weighted by atomic mass is 10.2. The predicted molar refractivity (Wildman–Crippen MR) is 51.6 cm³/mol. The Labute approximate surface area is 72.5 Å². The zero-order valence-corrected chi connectivity index (χ0v) is 9.22. The summed E-state index contributed by atoms with van der Waals surface area (Å²) in [5.41, 5.74) is 1.02. The fourth-order valence-corrected chi connectivity index (χ4v) is 3.50. The Morgan fingerprint density at radius 2 is 2.00 bits per heavy atom. The first-order chi connectivity index (χ1) is 5.29. The van der Waals surface area contributed by atoms with E-state index in [1.54, 1.807) is 0 Å². The van der Waals surface area contributed by atoms with Gasteiger partial charge in [-0.25, -0.2) is 0 Å². The zero-order chi connectivity index (χ0) is 8.10. The standard InChI is InChI=1S/C9H20OSi/c1-8(2)7-10-11-9-5-3-4-6-9/h8-9H,3-7,11H2,1-2H3. The second-order valence-electron chi connectivity index (χ2n) is 4.08. The van der Waals surface area contributed by atoms with E-state index in [1.165, 1.54) is 25.7 Å². The lowest BCUT2D eigenvalue weighted by molar-refractivity contribution is 0.279. The van der Waals surface area contributed by atoms with E-state index in [9.17, 15) is 0 Å². The Balaban J connectivity index is 1.94. The van der Waals surface area contributed by atoms with Crippen LogP contribution < -0.4 is 0 Å². The molecule has 0 aromatic rings. The van der Waals surface area contributed by atoms with Gasteiger partial charge in [-0.15, -0.1) is 0 Å². The first kappa shape index (κ1) is 9.27. The van der Waals surface area contributed by atoms with Gasteiger partial charge in [-0.1, -0.05) is 39.5 Å². The predicted octanol–water partition coefficient (Wildman–Crippen LogP) is 2.11. The molecular formula is C9H20OSi. The van der Waals surface area contributed by atoms with Crippen LogP contribution in [-0.4, -0.2) is 16.4 Å². The Bertz CT molecular complexity index is 97.7. The molecule has 1 rings (SSSR count). The van der Waals surface area contributed by atoms with Gasteiger partial charge < -0.3 is 4.43 Å². The van der Waals surface area contributed by atoms with Crippen LogP contribution in [0.4, 0.5) is 0 Å². The summed E-state index contributed by atoms with van der Waals surface area (Å²) in [6.07, 6.45) is 5.85. The van der Waals surface area contributed by atoms with E-state index >= 15 is 0 Å². The third-order valence-corrected chi connectivity index (χ3v) is 4.04.